The molecule has 0 saturated carbocycles. The Hall–Kier alpha value is -3.94. The number of carbonyl (C=O) groups excluding carboxylic acids is 2. The summed E-state index contributed by atoms with van der Waals surface area (Å²) in [6.07, 6.45) is -1.10. The van der Waals surface area contributed by atoms with E-state index in [0.717, 1.165) is 22.9 Å². The van der Waals surface area contributed by atoms with Gasteiger partial charge in [0.2, 0.25) is 0 Å². The molecule has 3 rings (SSSR count). The maximum atomic E-state index is 12.4. The van der Waals surface area contributed by atoms with Crippen LogP contribution in [0.3, 0.4) is 0 Å². The first-order valence-electron chi connectivity index (χ1n) is 8.40. The highest BCUT2D eigenvalue weighted by Gasteiger charge is 2.22. The SMILES string of the molecule is C[C@@H](OC(=O)c1ccc([N+](=O)[O-])cc1N)C(=O)Nc1cccc2ccccc12. The van der Waals surface area contributed by atoms with E-state index < -0.39 is 22.9 Å². The number of nitrogen functional groups attached to an aromatic ring is 1. The van der Waals surface area contributed by atoms with E-state index in [1.807, 2.05) is 36.4 Å². The second-order valence-electron chi connectivity index (χ2n) is 6.09. The maximum absolute atomic E-state index is 12.4. The minimum Gasteiger partial charge on any atom is -0.449 e. The zero-order valence-electron chi connectivity index (χ0n) is 14.9. The number of non-ortho nitro benzene ring substituents is 1. The monoisotopic (exact) mass is 379 g/mol. The Labute approximate surface area is 160 Å². The number of nitrogens with one attached hydrogen (secondary N) is 1. The molecule has 0 unspecified atom stereocenters. The van der Waals surface area contributed by atoms with Gasteiger partial charge in [-0.3, -0.25) is 14.9 Å². The van der Waals surface area contributed by atoms with E-state index in [0.29, 0.717) is 5.69 Å². The van der Waals surface area contributed by atoms with Crippen LogP contribution in [-0.4, -0.2) is 22.9 Å². The Morgan fingerprint density at radius 3 is 2.54 bits per heavy atom. The topological polar surface area (TPSA) is 125 Å². The molecule has 1 amide bonds. The van der Waals surface area contributed by atoms with Crippen molar-refractivity contribution >= 4 is 39.7 Å². The van der Waals surface area contributed by atoms with Crippen LogP contribution in [0.5, 0.6) is 0 Å². The number of nitro groups is 1. The van der Waals surface area contributed by atoms with Gasteiger partial charge in [0.1, 0.15) is 0 Å². The number of carbonyl (C=O) groups is 2. The summed E-state index contributed by atoms with van der Waals surface area (Å²) in [6, 6.07) is 16.5. The summed E-state index contributed by atoms with van der Waals surface area (Å²) in [5.41, 5.74) is 5.91. The van der Waals surface area contributed by atoms with Crippen LogP contribution in [0, 0.1) is 10.1 Å². The summed E-state index contributed by atoms with van der Waals surface area (Å²) in [5.74, 6) is -1.35. The Morgan fingerprint density at radius 2 is 1.82 bits per heavy atom. The molecule has 0 spiro atoms. The molecule has 0 heterocycles. The zero-order valence-corrected chi connectivity index (χ0v) is 14.9. The molecule has 0 aliphatic rings. The molecule has 28 heavy (non-hydrogen) atoms. The smallest absolute Gasteiger partial charge is 0.341 e. The normalized spacial score (nSPS) is 11.6. The van der Waals surface area contributed by atoms with E-state index in [2.05, 4.69) is 5.32 Å². The lowest BCUT2D eigenvalue weighted by Gasteiger charge is -2.15. The lowest BCUT2D eigenvalue weighted by molar-refractivity contribution is -0.384. The molecule has 8 heteroatoms. The number of anilines is 2. The molecule has 3 aromatic carbocycles. The van der Waals surface area contributed by atoms with E-state index >= 15 is 0 Å². The largest absolute Gasteiger partial charge is 0.449 e. The maximum Gasteiger partial charge on any atom is 0.341 e. The Kier molecular flexibility index (Phi) is 5.21. The molecule has 3 aromatic rings. The van der Waals surface area contributed by atoms with Crippen molar-refractivity contribution in [3.8, 4) is 0 Å². The predicted octanol–water partition coefficient (Wildman–Crippen LogP) is 3.51. The standard InChI is InChI=1S/C20H17N3O5/c1-12(28-20(25)16-10-9-14(23(26)27)11-17(16)21)19(24)22-18-8-4-6-13-5-2-3-7-15(13)18/h2-12H,21H2,1H3,(H,22,24)/t12-/m1/s1. The summed E-state index contributed by atoms with van der Waals surface area (Å²) in [6.45, 7) is 1.43. The van der Waals surface area contributed by atoms with Gasteiger partial charge >= 0.3 is 5.97 Å². The quantitative estimate of drug-likeness (QED) is 0.302. The molecular formula is C20H17N3O5. The second kappa shape index (κ2) is 7.75. The van der Waals surface area contributed by atoms with E-state index in [9.17, 15) is 19.7 Å². The Morgan fingerprint density at radius 1 is 1.11 bits per heavy atom. The Bertz CT molecular complexity index is 1080. The number of amides is 1. The average molecular weight is 379 g/mol. The number of nitrogens with zero attached hydrogens (tertiary/aromatic N) is 1. The fraction of sp³-hybridized carbons (Fsp3) is 0.100. The van der Waals surface area contributed by atoms with Crippen LogP contribution in [0.15, 0.2) is 60.7 Å². The third-order valence-electron chi connectivity index (χ3n) is 4.17. The number of nitrogens with two attached hydrogens (primary N) is 1. The van der Waals surface area contributed by atoms with E-state index in [1.165, 1.54) is 13.0 Å². The Balaban J connectivity index is 1.72. The van der Waals surface area contributed by atoms with Gasteiger partial charge in [-0.1, -0.05) is 36.4 Å². The van der Waals surface area contributed by atoms with Crippen molar-refractivity contribution < 1.29 is 19.2 Å². The number of benzene rings is 3. The summed E-state index contributed by atoms with van der Waals surface area (Å²) in [7, 11) is 0. The molecular weight excluding hydrogens is 362 g/mol. The minimum atomic E-state index is -1.10. The van der Waals surface area contributed by atoms with Crippen molar-refractivity contribution in [2.45, 2.75) is 13.0 Å². The number of rotatable bonds is 5. The van der Waals surface area contributed by atoms with Gasteiger partial charge in [-0.15, -0.1) is 0 Å². The molecule has 8 nitrogen and oxygen atoms in total. The van der Waals surface area contributed by atoms with Gasteiger partial charge in [0.15, 0.2) is 6.10 Å². The van der Waals surface area contributed by atoms with Gasteiger partial charge < -0.3 is 15.8 Å². The van der Waals surface area contributed by atoms with Crippen molar-refractivity contribution in [1.82, 2.24) is 0 Å². The van der Waals surface area contributed by atoms with E-state index in [4.69, 9.17) is 10.5 Å². The van der Waals surface area contributed by atoms with Crippen LogP contribution in [0.25, 0.3) is 10.8 Å². The first-order valence-corrected chi connectivity index (χ1v) is 8.40. The number of hydrogen-bond acceptors (Lipinski definition) is 6. The third kappa shape index (κ3) is 3.90. The van der Waals surface area contributed by atoms with Gasteiger partial charge in [-0.2, -0.15) is 0 Å². The highest BCUT2D eigenvalue weighted by Crippen LogP contribution is 2.24. The number of nitro benzene ring substituents is 1. The van der Waals surface area contributed by atoms with E-state index in [1.54, 1.807) is 6.07 Å². The average Bonchev–Trinajstić information content (AvgIpc) is 2.67. The van der Waals surface area contributed by atoms with E-state index in [-0.39, 0.29) is 16.9 Å². The minimum absolute atomic E-state index is 0.0459. The van der Waals surface area contributed by atoms with Gasteiger partial charge in [-0.05, 0) is 24.4 Å². The molecule has 0 bridgehead atoms. The van der Waals surface area contributed by atoms with Crippen LogP contribution in [0.2, 0.25) is 0 Å². The van der Waals surface area contributed by atoms with Gasteiger partial charge in [0.05, 0.1) is 16.2 Å². The first kappa shape index (κ1) is 18.8. The molecule has 0 fully saturated rings. The van der Waals surface area contributed by atoms with Crippen molar-refractivity contribution in [3.05, 3.63) is 76.3 Å². The number of esters is 1. The highest BCUT2D eigenvalue weighted by molar-refractivity contribution is 6.04. The number of hydrogen-bond donors (Lipinski definition) is 2. The molecule has 0 radical (unpaired) electrons. The third-order valence-corrected chi connectivity index (χ3v) is 4.17. The van der Waals surface area contributed by atoms with Crippen molar-refractivity contribution in [3.63, 3.8) is 0 Å². The molecule has 0 aromatic heterocycles. The number of ether oxygens (including phenoxy) is 1. The van der Waals surface area contributed by atoms with Crippen LogP contribution < -0.4 is 11.1 Å². The van der Waals surface area contributed by atoms with Crippen LogP contribution in [0.4, 0.5) is 17.1 Å². The molecule has 0 aliphatic heterocycles. The second-order valence-corrected chi connectivity index (χ2v) is 6.09. The van der Waals surface area contributed by atoms with Crippen molar-refractivity contribution in [2.24, 2.45) is 0 Å². The summed E-state index contributed by atoms with van der Waals surface area (Å²) in [4.78, 5) is 34.8. The van der Waals surface area contributed by atoms with Gasteiger partial charge in [0, 0.05) is 23.2 Å². The van der Waals surface area contributed by atoms with Gasteiger partial charge in [0.25, 0.3) is 11.6 Å². The summed E-state index contributed by atoms with van der Waals surface area (Å²) >= 11 is 0. The molecule has 1 atom stereocenters. The van der Waals surface area contributed by atoms with Crippen molar-refractivity contribution in [1.29, 1.82) is 0 Å². The highest BCUT2D eigenvalue weighted by atomic mass is 16.6. The molecule has 0 saturated heterocycles. The molecule has 142 valence electrons. The van der Waals surface area contributed by atoms with Crippen LogP contribution >= 0.6 is 0 Å². The summed E-state index contributed by atoms with van der Waals surface area (Å²) in [5, 5.41) is 15.3. The number of fused-ring (bicyclic) bond motifs is 1. The predicted molar refractivity (Wildman–Crippen MR) is 105 cm³/mol. The first-order chi connectivity index (χ1) is 13.4. The molecule has 3 N–H and O–H groups in total. The lowest BCUT2D eigenvalue weighted by atomic mass is 10.1. The van der Waals surface area contributed by atoms with Gasteiger partial charge in [-0.25, -0.2) is 4.79 Å². The fourth-order valence-corrected chi connectivity index (χ4v) is 2.70. The fourth-order valence-electron chi connectivity index (χ4n) is 2.70. The summed E-state index contributed by atoms with van der Waals surface area (Å²) < 4.78 is 5.16. The van der Waals surface area contributed by atoms with Crippen molar-refractivity contribution in [2.75, 3.05) is 11.1 Å². The van der Waals surface area contributed by atoms with Crippen LogP contribution in [-0.2, 0) is 9.53 Å². The lowest BCUT2D eigenvalue weighted by Crippen LogP contribution is -2.30. The molecule has 0 aliphatic carbocycles. The zero-order chi connectivity index (χ0) is 20.3. The van der Waals surface area contributed by atoms with Crippen LogP contribution in [0.1, 0.15) is 17.3 Å².